The zero-order valence-corrected chi connectivity index (χ0v) is 20.1. The SMILES string of the molecule is COC(=O)CCc1ccc(CCNS(=O)(=O)c2ccc(Cl)cc2)n1CCCc1cccnc1. The third-order valence-electron chi connectivity index (χ3n) is 5.34. The van der Waals surface area contributed by atoms with Gasteiger partial charge < -0.3 is 9.30 Å². The van der Waals surface area contributed by atoms with E-state index in [1.807, 2.05) is 30.5 Å². The Hall–Kier alpha value is -2.68. The normalized spacial score (nSPS) is 11.5. The lowest BCUT2D eigenvalue weighted by atomic mass is 10.1. The molecule has 3 rings (SSSR count). The van der Waals surface area contributed by atoms with Gasteiger partial charge in [-0.15, -0.1) is 0 Å². The predicted molar refractivity (Wildman–Crippen MR) is 128 cm³/mol. The van der Waals surface area contributed by atoms with Gasteiger partial charge in [-0.3, -0.25) is 9.78 Å². The van der Waals surface area contributed by atoms with Crippen LogP contribution in [0.25, 0.3) is 0 Å². The number of halogens is 1. The molecule has 7 nitrogen and oxygen atoms in total. The van der Waals surface area contributed by atoms with Crippen molar-refractivity contribution in [2.45, 2.75) is 43.5 Å². The van der Waals surface area contributed by atoms with Crippen LogP contribution < -0.4 is 4.72 Å². The van der Waals surface area contributed by atoms with Crippen molar-refractivity contribution in [2.24, 2.45) is 0 Å². The molecule has 0 unspecified atom stereocenters. The van der Waals surface area contributed by atoms with Crippen LogP contribution in [-0.2, 0) is 45.4 Å². The summed E-state index contributed by atoms with van der Waals surface area (Å²) in [4.78, 5) is 16.0. The maximum Gasteiger partial charge on any atom is 0.305 e. The van der Waals surface area contributed by atoms with E-state index in [2.05, 4.69) is 14.3 Å². The van der Waals surface area contributed by atoms with E-state index < -0.39 is 10.0 Å². The molecule has 0 bridgehead atoms. The molecule has 0 aliphatic heterocycles. The first-order chi connectivity index (χ1) is 15.9. The van der Waals surface area contributed by atoms with E-state index >= 15 is 0 Å². The molecular weight excluding hydrogens is 462 g/mol. The summed E-state index contributed by atoms with van der Waals surface area (Å²) in [5.41, 5.74) is 3.21. The van der Waals surface area contributed by atoms with Crippen molar-refractivity contribution in [3.05, 3.63) is 82.9 Å². The second kappa shape index (κ2) is 12.0. The van der Waals surface area contributed by atoms with E-state index in [1.54, 1.807) is 18.3 Å². The number of hydrogen-bond donors (Lipinski definition) is 1. The minimum Gasteiger partial charge on any atom is -0.469 e. The lowest BCUT2D eigenvalue weighted by Crippen LogP contribution is -2.26. The quantitative estimate of drug-likeness (QED) is 0.391. The first-order valence-electron chi connectivity index (χ1n) is 10.8. The molecule has 0 spiro atoms. The van der Waals surface area contributed by atoms with Crippen molar-refractivity contribution in [2.75, 3.05) is 13.7 Å². The molecule has 0 saturated heterocycles. The van der Waals surface area contributed by atoms with Crippen LogP contribution in [0.3, 0.4) is 0 Å². The Bertz CT molecular complexity index is 1150. The van der Waals surface area contributed by atoms with Crippen LogP contribution in [0.4, 0.5) is 0 Å². The number of aromatic nitrogens is 2. The van der Waals surface area contributed by atoms with Gasteiger partial charge in [0.1, 0.15) is 0 Å². The molecule has 33 heavy (non-hydrogen) atoms. The third kappa shape index (κ3) is 7.42. The molecule has 0 radical (unpaired) electrons. The van der Waals surface area contributed by atoms with E-state index in [0.717, 1.165) is 36.3 Å². The number of methoxy groups -OCH3 is 1. The Balaban J connectivity index is 1.65. The Morgan fingerprint density at radius 1 is 1.06 bits per heavy atom. The Morgan fingerprint density at radius 3 is 2.45 bits per heavy atom. The molecule has 1 N–H and O–H groups in total. The number of pyridine rings is 1. The Labute approximate surface area is 199 Å². The summed E-state index contributed by atoms with van der Waals surface area (Å²) < 4.78 is 34.7. The highest BCUT2D eigenvalue weighted by Gasteiger charge is 2.15. The maximum absolute atomic E-state index is 12.5. The number of carbonyl (C=O) groups is 1. The van der Waals surface area contributed by atoms with E-state index in [-0.39, 0.29) is 17.4 Å². The van der Waals surface area contributed by atoms with Crippen LogP contribution in [0.5, 0.6) is 0 Å². The summed E-state index contributed by atoms with van der Waals surface area (Å²) in [6.07, 6.45) is 6.78. The molecule has 176 valence electrons. The van der Waals surface area contributed by atoms with Crippen molar-refractivity contribution < 1.29 is 17.9 Å². The fourth-order valence-corrected chi connectivity index (χ4v) is 4.77. The largest absolute Gasteiger partial charge is 0.469 e. The van der Waals surface area contributed by atoms with E-state index in [9.17, 15) is 13.2 Å². The summed E-state index contributed by atoms with van der Waals surface area (Å²) in [5.74, 6) is -0.254. The van der Waals surface area contributed by atoms with Gasteiger partial charge in [-0.25, -0.2) is 13.1 Å². The number of hydrogen-bond acceptors (Lipinski definition) is 5. The lowest BCUT2D eigenvalue weighted by molar-refractivity contribution is -0.140. The number of nitrogens with one attached hydrogen (secondary N) is 1. The molecule has 2 aromatic heterocycles. The minimum absolute atomic E-state index is 0.178. The molecule has 0 aliphatic carbocycles. The second-order valence-corrected chi connectivity index (χ2v) is 9.81. The van der Waals surface area contributed by atoms with Crippen LogP contribution in [0.2, 0.25) is 5.02 Å². The summed E-state index contributed by atoms with van der Waals surface area (Å²) in [6, 6.07) is 14.0. The maximum atomic E-state index is 12.5. The number of esters is 1. The molecule has 0 saturated carbocycles. The van der Waals surface area contributed by atoms with Crippen LogP contribution in [-0.4, -0.2) is 37.6 Å². The summed E-state index contributed by atoms with van der Waals surface area (Å²) >= 11 is 5.85. The molecule has 1 aromatic carbocycles. The highest BCUT2D eigenvalue weighted by atomic mass is 35.5. The highest BCUT2D eigenvalue weighted by molar-refractivity contribution is 7.89. The van der Waals surface area contributed by atoms with Crippen molar-refractivity contribution in [3.63, 3.8) is 0 Å². The van der Waals surface area contributed by atoms with Gasteiger partial charge in [-0.2, -0.15) is 0 Å². The molecule has 0 atom stereocenters. The molecule has 0 amide bonds. The van der Waals surface area contributed by atoms with Gasteiger partial charge in [-0.05, 0) is 67.3 Å². The van der Waals surface area contributed by atoms with Gasteiger partial charge in [0.15, 0.2) is 0 Å². The summed E-state index contributed by atoms with van der Waals surface area (Å²) in [6.45, 7) is 1.02. The first-order valence-corrected chi connectivity index (χ1v) is 12.6. The third-order valence-corrected chi connectivity index (χ3v) is 7.07. The zero-order chi connectivity index (χ0) is 23.7. The van der Waals surface area contributed by atoms with Crippen molar-refractivity contribution in [3.8, 4) is 0 Å². The summed E-state index contributed by atoms with van der Waals surface area (Å²) in [7, 11) is -2.23. The van der Waals surface area contributed by atoms with Crippen LogP contribution in [0, 0.1) is 0 Å². The Morgan fingerprint density at radius 2 is 1.79 bits per heavy atom. The number of aryl methyl sites for hydroxylation is 2. The lowest BCUT2D eigenvalue weighted by Gasteiger charge is -2.14. The van der Waals surface area contributed by atoms with Crippen LogP contribution in [0.15, 0.2) is 65.8 Å². The molecule has 9 heteroatoms. The van der Waals surface area contributed by atoms with E-state index in [4.69, 9.17) is 16.3 Å². The van der Waals surface area contributed by atoms with Crippen LogP contribution in [0.1, 0.15) is 29.8 Å². The first kappa shape index (κ1) is 25.0. The molecule has 0 fully saturated rings. The monoisotopic (exact) mass is 489 g/mol. The van der Waals surface area contributed by atoms with E-state index in [1.165, 1.54) is 19.2 Å². The number of sulfonamides is 1. The zero-order valence-electron chi connectivity index (χ0n) is 18.5. The molecular formula is C24H28ClN3O4S. The number of rotatable bonds is 12. The van der Waals surface area contributed by atoms with Crippen molar-refractivity contribution >= 4 is 27.6 Å². The van der Waals surface area contributed by atoms with Gasteiger partial charge in [0.2, 0.25) is 10.0 Å². The van der Waals surface area contributed by atoms with Crippen molar-refractivity contribution in [1.82, 2.24) is 14.3 Å². The minimum atomic E-state index is -3.62. The second-order valence-electron chi connectivity index (χ2n) is 7.61. The topological polar surface area (TPSA) is 90.3 Å². The molecule has 3 aromatic rings. The standard InChI is InChI=1S/C24H28ClN3O4S/c1-32-24(29)13-10-21-8-9-22(28(21)17-3-5-19-4-2-15-26-18-19)14-16-27-33(30,31)23-11-6-20(25)7-12-23/h2,4,6-9,11-12,15,18,27H,3,5,10,13-14,16-17H2,1H3. The number of benzene rings is 1. The van der Waals surface area contributed by atoms with Gasteiger partial charge >= 0.3 is 5.97 Å². The van der Waals surface area contributed by atoms with Gasteiger partial charge in [0.25, 0.3) is 0 Å². The van der Waals surface area contributed by atoms with Gasteiger partial charge in [0, 0.05) is 48.3 Å². The van der Waals surface area contributed by atoms with Gasteiger partial charge in [0.05, 0.1) is 18.4 Å². The average Bonchev–Trinajstić information content (AvgIpc) is 3.20. The van der Waals surface area contributed by atoms with Crippen molar-refractivity contribution in [1.29, 1.82) is 0 Å². The smallest absolute Gasteiger partial charge is 0.305 e. The van der Waals surface area contributed by atoms with Crippen LogP contribution >= 0.6 is 11.6 Å². The molecule has 0 aliphatic rings. The summed E-state index contributed by atoms with van der Waals surface area (Å²) in [5, 5.41) is 0.484. The van der Waals surface area contributed by atoms with Gasteiger partial charge in [-0.1, -0.05) is 17.7 Å². The predicted octanol–water partition coefficient (Wildman–Crippen LogP) is 3.80. The van der Waals surface area contributed by atoms with E-state index in [0.29, 0.717) is 24.3 Å². The number of carbonyl (C=O) groups excluding carboxylic acids is 1. The average molecular weight is 490 g/mol. The fourth-order valence-electron chi connectivity index (χ4n) is 3.61. The number of ether oxygens (including phenoxy) is 1. The molecule has 2 heterocycles. The highest BCUT2D eigenvalue weighted by Crippen LogP contribution is 2.16. The number of nitrogens with zero attached hydrogens (tertiary/aromatic N) is 2. The fraction of sp³-hybridized carbons (Fsp3) is 0.333. The Kier molecular flexibility index (Phi) is 9.05.